The third-order valence-corrected chi connectivity index (χ3v) is 3.83. The van der Waals surface area contributed by atoms with Gasteiger partial charge in [0.1, 0.15) is 6.10 Å². The Morgan fingerprint density at radius 1 is 1.32 bits per heavy atom. The van der Waals surface area contributed by atoms with Gasteiger partial charge in [0.05, 0.1) is 0 Å². The fourth-order valence-corrected chi connectivity index (χ4v) is 2.79. The number of hydrogen-bond donors (Lipinski definition) is 2. The maximum Gasteiger partial charge on any atom is 0.253 e. The molecule has 0 aromatic heterocycles. The molecular weight excluding hydrogens is 240 g/mol. The quantitative estimate of drug-likeness (QED) is 0.859. The molecule has 4 nitrogen and oxygen atoms in total. The zero-order valence-corrected chi connectivity index (χ0v) is 11.1. The van der Waals surface area contributed by atoms with Gasteiger partial charge in [-0.15, -0.1) is 0 Å². The first kappa shape index (κ1) is 12.5. The second kappa shape index (κ2) is 5.61. The molecule has 3 rings (SSSR count). The lowest BCUT2D eigenvalue weighted by atomic mass is 10.0. The lowest BCUT2D eigenvalue weighted by molar-refractivity contribution is -0.129. The molecule has 102 valence electrons. The van der Waals surface area contributed by atoms with Crippen LogP contribution >= 0.6 is 0 Å². The first-order valence-electron chi connectivity index (χ1n) is 7.13. The highest BCUT2D eigenvalue weighted by atomic mass is 16.5. The van der Waals surface area contributed by atoms with Gasteiger partial charge in [0.25, 0.3) is 5.91 Å². The third-order valence-electron chi connectivity index (χ3n) is 3.83. The molecular formula is C15H20N2O2. The molecule has 1 aromatic carbocycles. The first-order chi connectivity index (χ1) is 9.34. The molecule has 2 aliphatic rings. The molecule has 1 unspecified atom stereocenters. The third kappa shape index (κ3) is 2.73. The van der Waals surface area contributed by atoms with Crippen molar-refractivity contribution in [1.29, 1.82) is 0 Å². The van der Waals surface area contributed by atoms with Gasteiger partial charge in [0.2, 0.25) is 0 Å². The lowest BCUT2D eigenvalue weighted by Gasteiger charge is -2.24. The number of hydrogen-bond acceptors (Lipinski definition) is 3. The minimum atomic E-state index is -0.277. The van der Waals surface area contributed by atoms with Crippen LogP contribution in [0.2, 0.25) is 0 Å². The van der Waals surface area contributed by atoms with Crippen LogP contribution in [0.4, 0.5) is 11.4 Å². The topological polar surface area (TPSA) is 50.4 Å². The Kier molecular flexibility index (Phi) is 3.69. The van der Waals surface area contributed by atoms with Crippen molar-refractivity contribution in [3.63, 3.8) is 0 Å². The molecule has 2 aliphatic heterocycles. The molecule has 1 aromatic rings. The highest BCUT2D eigenvalue weighted by Gasteiger charge is 2.23. The van der Waals surface area contributed by atoms with Crippen LogP contribution < -0.4 is 10.6 Å². The normalized spacial score (nSPS) is 22.2. The van der Waals surface area contributed by atoms with Crippen LogP contribution in [0.25, 0.3) is 0 Å². The maximum atomic E-state index is 12.2. The van der Waals surface area contributed by atoms with Crippen LogP contribution in [0.3, 0.4) is 0 Å². The fraction of sp³-hybridized carbons (Fsp3) is 0.533. The van der Waals surface area contributed by atoms with Crippen molar-refractivity contribution < 1.29 is 9.53 Å². The van der Waals surface area contributed by atoms with Crippen molar-refractivity contribution in [2.45, 2.75) is 38.2 Å². The van der Waals surface area contributed by atoms with E-state index in [1.165, 1.54) is 5.56 Å². The summed E-state index contributed by atoms with van der Waals surface area (Å²) in [5.41, 5.74) is 3.30. The number of benzene rings is 1. The van der Waals surface area contributed by atoms with Crippen LogP contribution in [-0.4, -0.2) is 25.2 Å². The van der Waals surface area contributed by atoms with Crippen LogP contribution in [0.15, 0.2) is 18.2 Å². The number of carbonyl (C=O) groups is 1. The molecule has 19 heavy (non-hydrogen) atoms. The van der Waals surface area contributed by atoms with Crippen molar-refractivity contribution in [1.82, 2.24) is 0 Å². The van der Waals surface area contributed by atoms with Crippen molar-refractivity contribution >= 4 is 17.3 Å². The number of rotatable bonds is 2. The van der Waals surface area contributed by atoms with Gasteiger partial charge < -0.3 is 15.4 Å². The second-order valence-electron chi connectivity index (χ2n) is 5.21. The summed E-state index contributed by atoms with van der Waals surface area (Å²) in [5, 5.41) is 6.41. The Labute approximate surface area is 113 Å². The van der Waals surface area contributed by atoms with Gasteiger partial charge >= 0.3 is 0 Å². The summed E-state index contributed by atoms with van der Waals surface area (Å²) in [6, 6.07) is 6.03. The van der Waals surface area contributed by atoms with E-state index in [0.29, 0.717) is 6.61 Å². The van der Waals surface area contributed by atoms with Crippen molar-refractivity contribution in [3.8, 4) is 0 Å². The Morgan fingerprint density at radius 3 is 3.11 bits per heavy atom. The van der Waals surface area contributed by atoms with E-state index in [-0.39, 0.29) is 12.0 Å². The second-order valence-corrected chi connectivity index (χ2v) is 5.21. The van der Waals surface area contributed by atoms with Crippen molar-refractivity contribution in [2.24, 2.45) is 0 Å². The van der Waals surface area contributed by atoms with E-state index in [4.69, 9.17) is 4.74 Å². The molecule has 1 fully saturated rings. The highest BCUT2D eigenvalue weighted by molar-refractivity contribution is 5.95. The van der Waals surface area contributed by atoms with Crippen molar-refractivity contribution in [2.75, 3.05) is 23.8 Å². The van der Waals surface area contributed by atoms with Gasteiger partial charge in [-0.25, -0.2) is 0 Å². The van der Waals surface area contributed by atoms with E-state index in [1.54, 1.807) is 0 Å². The molecule has 0 aliphatic carbocycles. The van der Waals surface area contributed by atoms with Crippen LogP contribution in [0, 0.1) is 0 Å². The largest absolute Gasteiger partial charge is 0.385 e. The molecule has 0 radical (unpaired) electrons. The highest BCUT2D eigenvalue weighted by Crippen LogP contribution is 2.29. The zero-order valence-electron chi connectivity index (χ0n) is 11.1. The molecule has 0 bridgehead atoms. The minimum absolute atomic E-state index is 0.00123. The molecule has 4 heteroatoms. The van der Waals surface area contributed by atoms with E-state index in [9.17, 15) is 4.79 Å². The van der Waals surface area contributed by atoms with E-state index in [0.717, 1.165) is 50.0 Å². The fourth-order valence-electron chi connectivity index (χ4n) is 2.79. The molecule has 1 atom stereocenters. The van der Waals surface area contributed by atoms with E-state index < -0.39 is 0 Å². The monoisotopic (exact) mass is 260 g/mol. The van der Waals surface area contributed by atoms with Gasteiger partial charge in [-0.2, -0.15) is 0 Å². The smallest absolute Gasteiger partial charge is 0.253 e. The van der Waals surface area contributed by atoms with Gasteiger partial charge in [-0.05, 0) is 49.8 Å². The van der Waals surface area contributed by atoms with Crippen LogP contribution in [-0.2, 0) is 16.0 Å². The predicted octanol–water partition coefficient (Wildman–Crippen LogP) is 2.55. The van der Waals surface area contributed by atoms with Gasteiger partial charge in [0.15, 0.2) is 0 Å². The van der Waals surface area contributed by atoms with E-state index in [1.807, 2.05) is 12.1 Å². The summed E-state index contributed by atoms with van der Waals surface area (Å²) in [4.78, 5) is 12.2. The minimum Gasteiger partial charge on any atom is -0.385 e. The summed E-state index contributed by atoms with van der Waals surface area (Å²) >= 11 is 0. The summed E-state index contributed by atoms with van der Waals surface area (Å²) in [5.74, 6) is -0.00123. The molecule has 0 saturated carbocycles. The molecule has 1 amide bonds. The van der Waals surface area contributed by atoms with Gasteiger partial charge in [0, 0.05) is 24.5 Å². The average Bonchev–Trinajstić information content (AvgIpc) is 2.48. The number of amides is 1. The van der Waals surface area contributed by atoms with Crippen molar-refractivity contribution in [3.05, 3.63) is 23.8 Å². The van der Waals surface area contributed by atoms with Crippen LogP contribution in [0.1, 0.15) is 31.2 Å². The average molecular weight is 260 g/mol. The number of carbonyl (C=O) groups excluding carboxylic acids is 1. The molecule has 2 N–H and O–H groups in total. The number of fused-ring (bicyclic) bond motifs is 1. The van der Waals surface area contributed by atoms with Gasteiger partial charge in [-0.3, -0.25) is 4.79 Å². The maximum absolute atomic E-state index is 12.2. The van der Waals surface area contributed by atoms with Gasteiger partial charge in [-0.1, -0.05) is 6.07 Å². The Bertz CT molecular complexity index is 467. The summed E-state index contributed by atoms with van der Waals surface area (Å²) in [6.07, 6.45) is 4.82. The molecule has 2 heterocycles. The molecule has 1 saturated heterocycles. The summed E-state index contributed by atoms with van der Waals surface area (Å²) < 4.78 is 5.53. The zero-order chi connectivity index (χ0) is 13.1. The predicted molar refractivity (Wildman–Crippen MR) is 75.5 cm³/mol. The van der Waals surface area contributed by atoms with Crippen LogP contribution in [0.5, 0.6) is 0 Å². The summed E-state index contributed by atoms with van der Waals surface area (Å²) in [6.45, 7) is 1.71. The number of ether oxygens (including phenoxy) is 1. The molecule has 0 spiro atoms. The number of anilines is 2. The lowest BCUT2D eigenvalue weighted by Crippen LogP contribution is -2.33. The Morgan fingerprint density at radius 2 is 2.26 bits per heavy atom. The first-order valence-corrected chi connectivity index (χ1v) is 7.13. The van der Waals surface area contributed by atoms with E-state index >= 15 is 0 Å². The SMILES string of the molecule is O=C(Nc1cccc2c1CCCN2)C1CCCCO1. The Hall–Kier alpha value is -1.55. The standard InChI is InChI=1S/C15H20N2O2/c18-15(14-8-1-2-10-19-14)17-13-7-3-6-12-11(13)5-4-9-16-12/h3,6-7,14,16H,1-2,4-5,8-10H2,(H,17,18). The Balaban J connectivity index is 1.74. The van der Waals surface area contributed by atoms with E-state index in [2.05, 4.69) is 16.7 Å². The number of nitrogens with one attached hydrogen (secondary N) is 2. The summed E-state index contributed by atoms with van der Waals surface area (Å²) in [7, 11) is 0.